The number of hydrogen-bond donors (Lipinski definition) is 2. The Balaban J connectivity index is 1.46. The molecule has 0 aromatic heterocycles. The fraction of sp³-hybridized carbons (Fsp3) is 0. The van der Waals surface area contributed by atoms with E-state index in [2.05, 4.69) is 26.0 Å². The fourth-order valence-electron chi connectivity index (χ4n) is 2.97. The van der Waals surface area contributed by atoms with E-state index in [-0.39, 0.29) is 10.5 Å². The van der Waals surface area contributed by atoms with Gasteiger partial charge >= 0.3 is 0 Å². The van der Waals surface area contributed by atoms with Crippen molar-refractivity contribution in [3.05, 3.63) is 113 Å². The number of benzene rings is 4. The summed E-state index contributed by atoms with van der Waals surface area (Å²) in [5.41, 5.74) is 1.30. The van der Waals surface area contributed by atoms with Gasteiger partial charge in [-0.25, -0.2) is 8.42 Å². The Labute approximate surface area is 205 Å². The zero-order chi connectivity index (χ0) is 23.3. The van der Waals surface area contributed by atoms with E-state index in [1.807, 2.05) is 54.6 Å². The third kappa shape index (κ3) is 6.25. The van der Waals surface area contributed by atoms with E-state index in [1.54, 1.807) is 48.2 Å². The molecule has 0 aliphatic heterocycles. The van der Waals surface area contributed by atoms with Crippen LogP contribution >= 0.6 is 27.7 Å². The molecule has 0 radical (unpaired) electrons. The van der Waals surface area contributed by atoms with E-state index in [4.69, 9.17) is 0 Å². The minimum Gasteiger partial charge on any atom is -0.322 e. The lowest BCUT2D eigenvalue weighted by Gasteiger charge is -2.11. The van der Waals surface area contributed by atoms with Gasteiger partial charge in [-0.3, -0.25) is 9.52 Å². The van der Waals surface area contributed by atoms with Crippen molar-refractivity contribution in [2.45, 2.75) is 14.7 Å². The molecule has 5 nitrogen and oxygen atoms in total. The molecule has 0 unspecified atom stereocenters. The van der Waals surface area contributed by atoms with Crippen molar-refractivity contribution in [1.29, 1.82) is 0 Å². The first-order valence-corrected chi connectivity index (χ1v) is 13.0. The number of nitrogens with one attached hydrogen (secondary N) is 2. The predicted octanol–water partition coefficient (Wildman–Crippen LogP) is 6.65. The molecule has 4 aromatic rings. The van der Waals surface area contributed by atoms with Crippen molar-refractivity contribution >= 4 is 55.0 Å². The van der Waals surface area contributed by atoms with Crippen molar-refractivity contribution in [2.75, 3.05) is 10.0 Å². The van der Waals surface area contributed by atoms with Crippen LogP contribution < -0.4 is 10.0 Å². The van der Waals surface area contributed by atoms with Gasteiger partial charge in [0.1, 0.15) is 0 Å². The Morgan fingerprint density at radius 3 is 2.06 bits per heavy atom. The number of anilines is 2. The highest BCUT2D eigenvalue weighted by atomic mass is 79.9. The third-order valence-corrected chi connectivity index (χ3v) is 7.52. The van der Waals surface area contributed by atoms with Gasteiger partial charge in [0.25, 0.3) is 15.9 Å². The molecule has 1 amide bonds. The number of rotatable bonds is 7. The molecule has 0 atom stereocenters. The highest BCUT2D eigenvalue weighted by molar-refractivity contribution is 9.10. The third-order valence-electron chi connectivity index (χ3n) is 4.59. The molecule has 0 spiro atoms. The summed E-state index contributed by atoms with van der Waals surface area (Å²) in [6, 6.07) is 30.1. The monoisotopic (exact) mass is 538 g/mol. The molecule has 4 aromatic carbocycles. The topological polar surface area (TPSA) is 75.3 Å². The van der Waals surface area contributed by atoms with Crippen LogP contribution in [0.1, 0.15) is 10.4 Å². The van der Waals surface area contributed by atoms with Gasteiger partial charge < -0.3 is 5.32 Å². The van der Waals surface area contributed by atoms with Crippen molar-refractivity contribution in [3.8, 4) is 0 Å². The number of amides is 1. The van der Waals surface area contributed by atoms with Crippen LogP contribution in [0.4, 0.5) is 11.4 Å². The second-order valence-corrected chi connectivity index (χ2v) is 10.8. The van der Waals surface area contributed by atoms with Gasteiger partial charge in [-0.2, -0.15) is 0 Å². The van der Waals surface area contributed by atoms with Gasteiger partial charge in [-0.1, -0.05) is 52.0 Å². The van der Waals surface area contributed by atoms with Crippen molar-refractivity contribution in [1.82, 2.24) is 0 Å². The van der Waals surface area contributed by atoms with Gasteiger partial charge in [0.15, 0.2) is 0 Å². The minimum absolute atomic E-state index is 0.00805. The molecular formula is C25H19BrN2O3S2. The highest BCUT2D eigenvalue weighted by Crippen LogP contribution is 2.28. The molecule has 166 valence electrons. The van der Waals surface area contributed by atoms with E-state index in [0.29, 0.717) is 11.4 Å². The quantitative estimate of drug-likeness (QED) is 0.276. The number of sulfonamides is 1. The molecule has 0 fully saturated rings. The SMILES string of the molecule is O=C(Nc1ccc(Br)cc1)c1cccc(S(=O)(=O)Nc2ccc(Sc3ccccc3)cc2)c1. The van der Waals surface area contributed by atoms with Crippen LogP contribution in [0.25, 0.3) is 0 Å². The molecule has 8 heteroatoms. The first-order valence-electron chi connectivity index (χ1n) is 9.92. The first kappa shape index (κ1) is 23.1. The molecule has 2 N–H and O–H groups in total. The van der Waals surface area contributed by atoms with Gasteiger partial charge in [0, 0.05) is 31.2 Å². The van der Waals surface area contributed by atoms with Gasteiger partial charge in [0.2, 0.25) is 0 Å². The maximum Gasteiger partial charge on any atom is 0.261 e. The number of halogens is 1. The van der Waals surface area contributed by atoms with Crippen LogP contribution in [0.2, 0.25) is 0 Å². The van der Waals surface area contributed by atoms with Crippen LogP contribution in [0.5, 0.6) is 0 Å². The zero-order valence-corrected chi connectivity index (χ0v) is 20.5. The summed E-state index contributed by atoms with van der Waals surface area (Å²) in [7, 11) is -3.86. The second-order valence-electron chi connectivity index (χ2n) is 7.03. The first-order chi connectivity index (χ1) is 15.9. The van der Waals surface area contributed by atoms with Crippen LogP contribution in [-0.2, 0) is 10.0 Å². The van der Waals surface area contributed by atoms with Gasteiger partial charge in [-0.05, 0) is 78.9 Å². The van der Waals surface area contributed by atoms with Crippen LogP contribution in [0.3, 0.4) is 0 Å². The summed E-state index contributed by atoms with van der Waals surface area (Å²) in [4.78, 5) is 14.7. The van der Waals surface area contributed by atoms with Crippen molar-refractivity contribution in [3.63, 3.8) is 0 Å². The average Bonchev–Trinajstić information content (AvgIpc) is 2.82. The number of hydrogen-bond acceptors (Lipinski definition) is 4. The summed E-state index contributed by atoms with van der Waals surface area (Å²) in [6.45, 7) is 0. The van der Waals surface area contributed by atoms with E-state index in [1.165, 1.54) is 12.1 Å². The molecule has 4 rings (SSSR count). The molecule has 0 bridgehead atoms. The Kier molecular flexibility index (Phi) is 7.17. The smallest absolute Gasteiger partial charge is 0.261 e. The van der Waals surface area contributed by atoms with Crippen molar-refractivity contribution in [2.24, 2.45) is 0 Å². The molecule has 33 heavy (non-hydrogen) atoms. The van der Waals surface area contributed by atoms with Gasteiger partial charge in [-0.15, -0.1) is 0 Å². The highest BCUT2D eigenvalue weighted by Gasteiger charge is 2.17. The van der Waals surface area contributed by atoms with Crippen LogP contribution in [0, 0.1) is 0 Å². The molecule has 0 saturated heterocycles. The normalized spacial score (nSPS) is 11.1. The summed E-state index contributed by atoms with van der Waals surface area (Å²) in [6.07, 6.45) is 0. The number of carbonyl (C=O) groups is 1. The lowest BCUT2D eigenvalue weighted by molar-refractivity contribution is 0.102. The standard InChI is InChI=1S/C25H19BrN2O3S2/c26-19-9-11-20(12-10-19)27-25(29)18-5-4-8-24(17-18)33(30,31)28-21-13-15-23(16-14-21)32-22-6-2-1-3-7-22/h1-17,28H,(H,27,29). The lowest BCUT2D eigenvalue weighted by atomic mass is 10.2. The Morgan fingerprint density at radius 2 is 1.36 bits per heavy atom. The zero-order valence-electron chi connectivity index (χ0n) is 17.2. The van der Waals surface area contributed by atoms with E-state index < -0.39 is 15.9 Å². The summed E-state index contributed by atoms with van der Waals surface area (Å²) < 4.78 is 29.3. The number of carbonyl (C=O) groups excluding carboxylic acids is 1. The largest absolute Gasteiger partial charge is 0.322 e. The molecule has 0 saturated carbocycles. The maximum absolute atomic E-state index is 12.9. The summed E-state index contributed by atoms with van der Waals surface area (Å²) in [5.74, 6) is -0.392. The Bertz CT molecular complexity index is 1360. The van der Waals surface area contributed by atoms with E-state index in [9.17, 15) is 13.2 Å². The second kappa shape index (κ2) is 10.2. The Morgan fingerprint density at radius 1 is 0.727 bits per heavy atom. The Hall–Kier alpha value is -3.07. The van der Waals surface area contributed by atoms with E-state index >= 15 is 0 Å². The van der Waals surface area contributed by atoms with Gasteiger partial charge in [0.05, 0.1) is 4.90 Å². The van der Waals surface area contributed by atoms with Crippen LogP contribution in [0.15, 0.2) is 122 Å². The lowest BCUT2D eigenvalue weighted by Crippen LogP contribution is -2.16. The summed E-state index contributed by atoms with van der Waals surface area (Å²) in [5, 5.41) is 2.76. The van der Waals surface area contributed by atoms with E-state index in [0.717, 1.165) is 14.3 Å². The molecular weight excluding hydrogens is 520 g/mol. The van der Waals surface area contributed by atoms with Crippen molar-refractivity contribution < 1.29 is 13.2 Å². The minimum atomic E-state index is -3.86. The predicted molar refractivity (Wildman–Crippen MR) is 136 cm³/mol. The molecule has 0 aliphatic rings. The maximum atomic E-state index is 12.9. The average molecular weight is 539 g/mol. The molecule has 0 heterocycles. The fourth-order valence-corrected chi connectivity index (χ4v) is 5.18. The van der Waals surface area contributed by atoms with Crippen LogP contribution in [-0.4, -0.2) is 14.3 Å². The molecule has 0 aliphatic carbocycles. The summed E-state index contributed by atoms with van der Waals surface area (Å²) >= 11 is 4.94.